The SMILES string of the molecule is CCCCC/C=C\C/C=C\CCCCCCCC(=O)OC[C@H](COP(=O)(O)OC[C@H](O)COP(=O)(O)OC[C@@H](COC(=O)CCCCCCCCCCCCCCC)OC(=O)CCCCCCCCCCCCCCC)OC(=O)CCCCCCCCCCCCCCCCCCC. The third-order valence-electron chi connectivity index (χ3n) is 17.9. The van der Waals surface area contributed by atoms with E-state index in [9.17, 15) is 43.2 Å². The Labute approximate surface area is 599 Å². The minimum atomic E-state index is -4.97. The van der Waals surface area contributed by atoms with Crippen LogP contribution in [0.1, 0.15) is 400 Å². The van der Waals surface area contributed by atoms with Gasteiger partial charge in [0.2, 0.25) is 0 Å². The Morgan fingerprint density at radius 2 is 0.500 bits per heavy atom. The van der Waals surface area contributed by atoms with Crippen LogP contribution in [-0.2, 0) is 65.4 Å². The van der Waals surface area contributed by atoms with E-state index in [1.54, 1.807) is 0 Å². The quantitative estimate of drug-likeness (QED) is 0.0169. The van der Waals surface area contributed by atoms with Crippen molar-refractivity contribution < 1.29 is 80.2 Å². The molecule has 19 heteroatoms. The fourth-order valence-corrected chi connectivity index (χ4v) is 13.3. The molecule has 5 atom stereocenters. The molecule has 578 valence electrons. The number of ether oxygens (including phenoxy) is 4. The summed E-state index contributed by atoms with van der Waals surface area (Å²) >= 11 is 0. The Balaban J connectivity index is 5.29. The molecule has 0 fully saturated rings. The second-order valence-corrected chi connectivity index (χ2v) is 30.6. The van der Waals surface area contributed by atoms with Gasteiger partial charge >= 0.3 is 39.5 Å². The summed E-state index contributed by atoms with van der Waals surface area (Å²) in [6.45, 7) is 4.95. The van der Waals surface area contributed by atoms with Crippen molar-refractivity contribution in [1.82, 2.24) is 0 Å². The number of aliphatic hydroxyl groups is 1. The van der Waals surface area contributed by atoms with Gasteiger partial charge in [0.25, 0.3) is 0 Å². The van der Waals surface area contributed by atoms with Crippen LogP contribution < -0.4 is 0 Å². The number of hydrogen-bond donors (Lipinski definition) is 3. The van der Waals surface area contributed by atoms with Crippen LogP contribution in [0.5, 0.6) is 0 Å². The molecule has 0 rings (SSSR count). The van der Waals surface area contributed by atoms with Crippen molar-refractivity contribution in [2.75, 3.05) is 39.6 Å². The number of phosphoric acid groups is 2. The highest BCUT2D eigenvalue weighted by atomic mass is 31.2. The normalized spacial score (nSPS) is 14.0. The van der Waals surface area contributed by atoms with Crippen molar-refractivity contribution in [1.29, 1.82) is 0 Å². The van der Waals surface area contributed by atoms with Gasteiger partial charge in [0.05, 0.1) is 26.4 Å². The molecule has 3 N–H and O–H groups in total. The predicted octanol–water partition coefficient (Wildman–Crippen LogP) is 23.3. The molecule has 0 spiro atoms. The van der Waals surface area contributed by atoms with E-state index in [0.717, 1.165) is 116 Å². The molecule has 0 heterocycles. The van der Waals surface area contributed by atoms with Crippen molar-refractivity contribution in [2.24, 2.45) is 0 Å². The maximum atomic E-state index is 13.1. The maximum absolute atomic E-state index is 13.1. The van der Waals surface area contributed by atoms with Crippen molar-refractivity contribution in [2.45, 2.75) is 418 Å². The monoisotopic (exact) mass is 1430 g/mol. The number of phosphoric ester groups is 2. The topological polar surface area (TPSA) is 237 Å². The number of aliphatic hydroxyl groups excluding tert-OH is 1. The number of carbonyl (C=O) groups is 4. The van der Waals surface area contributed by atoms with Crippen LogP contribution in [0.4, 0.5) is 0 Å². The average molecular weight is 1430 g/mol. The molecule has 0 aromatic heterocycles. The highest BCUT2D eigenvalue weighted by Gasteiger charge is 2.30. The molecule has 0 amide bonds. The van der Waals surface area contributed by atoms with Crippen LogP contribution in [0.15, 0.2) is 24.3 Å². The van der Waals surface area contributed by atoms with E-state index >= 15 is 0 Å². The number of unbranched alkanes of at least 4 members (excludes halogenated alkanes) is 48. The Hall–Kier alpha value is -2.46. The van der Waals surface area contributed by atoms with Crippen LogP contribution in [0.25, 0.3) is 0 Å². The third-order valence-corrected chi connectivity index (χ3v) is 19.9. The minimum absolute atomic E-state index is 0.102. The van der Waals surface area contributed by atoms with Gasteiger partial charge in [0.1, 0.15) is 19.3 Å². The standard InChI is InChI=1S/C79H150O17P2/c1-5-9-13-17-21-25-29-33-35-36-38-42-46-50-54-58-62-66-79(84)96-75(70-90-77(82)64-60-56-52-48-44-41-37-34-30-26-22-18-14-10-6-2)72-94-98(87,88)92-68-73(80)67-91-97(85,86)93-71-74(95-78(83)65-61-57-53-49-45-40-32-28-24-20-16-12-8-4)69-89-76(81)63-59-55-51-47-43-39-31-27-23-19-15-11-7-3/h22,26,34,37,73-75,80H,5-21,23-25,27-33,35-36,38-72H2,1-4H3,(H,85,86)(H,87,88)/b26-22-,37-34-/t73-,74-,75-/m1/s1. The Kier molecular flexibility index (Phi) is 71.0. The highest BCUT2D eigenvalue weighted by molar-refractivity contribution is 7.47. The lowest BCUT2D eigenvalue weighted by molar-refractivity contribution is -0.161. The minimum Gasteiger partial charge on any atom is -0.462 e. The summed E-state index contributed by atoms with van der Waals surface area (Å²) in [7, 11) is -9.93. The molecule has 98 heavy (non-hydrogen) atoms. The third kappa shape index (κ3) is 71.9. The fourth-order valence-electron chi connectivity index (χ4n) is 11.7. The fraction of sp³-hybridized carbons (Fsp3) is 0.899. The molecule has 0 aliphatic rings. The number of allylic oxidation sites excluding steroid dienone is 4. The first-order valence-corrected chi connectivity index (χ1v) is 43.6. The molecule has 0 aliphatic heterocycles. The number of carbonyl (C=O) groups excluding carboxylic acids is 4. The van der Waals surface area contributed by atoms with E-state index in [2.05, 4.69) is 52.0 Å². The van der Waals surface area contributed by atoms with Crippen LogP contribution >= 0.6 is 15.6 Å². The molecule has 0 aromatic rings. The molecule has 0 aliphatic carbocycles. The van der Waals surface area contributed by atoms with Crippen molar-refractivity contribution in [3.05, 3.63) is 24.3 Å². The van der Waals surface area contributed by atoms with E-state index in [1.165, 1.54) is 205 Å². The maximum Gasteiger partial charge on any atom is 0.472 e. The molecular weight excluding hydrogens is 1280 g/mol. The van der Waals surface area contributed by atoms with Gasteiger partial charge in [0.15, 0.2) is 12.2 Å². The van der Waals surface area contributed by atoms with Gasteiger partial charge in [-0.25, -0.2) is 9.13 Å². The smallest absolute Gasteiger partial charge is 0.462 e. The molecule has 0 saturated heterocycles. The van der Waals surface area contributed by atoms with Gasteiger partial charge in [-0.2, -0.15) is 0 Å². The number of hydrogen-bond acceptors (Lipinski definition) is 15. The summed E-state index contributed by atoms with van der Waals surface area (Å²) in [6.07, 6.45) is 67.2. The lowest BCUT2D eigenvalue weighted by Gasteiger charge is -2.21. The Morgan fingerprint density at radius 1 is 0.286 bits per heavy atom. The van der Waals surface area contributed by atoms with E-state index in [1.807, 2.05) is 0 Å². The summed E-state index contributed by atoms with van der Waals surface area (Å²) < 4.78 is 68.6. The molecule has 0 saturated carbocycles. The van der Waals surface area contributed by atoms with E-state index in [0.29, 0.717) is 25.7 Å². The zero-order valence-electron chi connectivity index (χ0n) is 63.2. The van der Waals surface area contributed by atoms with Gasteiger partial charge in [0, 0.05) is 25.7 Å². The lowest BCUT2D eigenvalue weighted by atomic mass is 10.0. The largest absolute Gasteiger partial charge is 0.472 e. The second kappa shape index (κ2) is 72.9. The summed E-state index contributed by atoms with van der Waals surface area (Å²) in [5.41, 5.74) is 0. The van der Waals surface area contributed by atoms with Crippen LogP contribution in [0, 0.1) is 0 Å². The van der Waals surface area contributed by atoms with Gasteiger partial charge in [-0.1, -0.05) is 341 Å². The van der Waals surface area contributed by atoms with Gasteiger partial charge in [-0.15, -0.1) is 0 Å². The number of esters is 4. The molecule has 0 aromatic carbocycles. The van der Waals surface area contributed by atoms with Gasteiger partial charge in [-0.05, 0) is 57.8 Å². The lowest BCUT2D eigenvalue weighted by Crippen LogP contribution is -2.30. The predicted molar refractivity (Wildman–Crippen MR) is 400 cm³/mol. The van der Waals surface area contributed by atoms with Crippen LogP contribution in [0.2, 0.25) is 0 Å². The van der Waals surface area contributed by atoms with E-state index in [4.69, 9.17) is 37.0 Å². The molecule has 0 radical (unpaired) electrons. The molecule has 2 unspecified atom stereocenters. The Morgan fingerprint density at radius 3 is 0.776 bits per heavy atom. The molecule has 17 nitrogen and oxygen atoms in total. The first kappa shape index (κ1) is 95.5. The van der Waals surface area contributed by atoms with Crippen molar-refractivity contribution in [3.63, 3.8) is 0 Å². The van der Waals surface area contributed by atoms with Gasteiger partial charge < -0.3 is 33.8 Å². The van der Waals surface area contributed by atoms with E-state index in [-0.39, 0.29) is 25.7 Å². The van der Waals surface area contributed by atoms with Crippen LogP contribution in [-0.4, -0.2) is 96.7 Å². The van der Waals surface area contributed by atoms with E-state index < -0.39 is 97.5 Å². The van der Waals surface area contributed by atoms with Crippen molar-refractivity contribution >= 4 is 39.5 Å². The van der Waals surface area contributed by atoms with Crippen LogP contribution in [0.3, 0.4) is 0 Å². The summed E-state index contributed by atoms with van der Waals surface area (Å²) in [4.78, 5) is 72.9. The summed E-state index contributed by atoms with van der Waals surface area (Å²) in [6, 6.07) is 0. The molecular formula is C79H150O17P2. The van der Waals surface area contributed by atoms with Gasteiger partial charge in [-0.3, -0.25) is 37.3 Å². The van der Waals surface area contributed by atoms with Crippen molar-refractivity contribution in [3.8, 4) is 0 Å². The first-order chi connectivity index (χ1) is 47.7. The first-order valence-electron chi connectivity index (χ1n) is 40.6. The number of rotatable bonds is 78. The zero-order chi connectivity index (χ0) is 71.8. The average Bonchev–Trinajstić information content (AvgIpc) is 1.14. The summed E-state index contributed by atoms with van der Waals surface area (Å²) in [5.74, 6) is -2.13. The zero-order valence-corrected chi connectivity index (χ0v) is 65.0. The molecule has 0 bridgehead atoms. The highest BCUT2D eigenvalue weighted by Crippen LogP contribution is 2.45. The second-order valence-electron chi connectivity index (χ2n) is 27.7. The Bertz CT molecular complexity index is 1950. The summed E-state index contributed by atoms with van der Waals surface area (Å²) in [5, 5.41) is 10.6.